The number of rotatable bonds is 8. The van der Waals surface area contributed by atoms with E-state index in [4.69, 9.17) is 9.47 Å². The SMILES string of the molecule is CN1[C@@H]2CC[C@H]1C[C@@H](Oc1cccc(CNCc3ccc(Oc4ccccc4)cc3)c1)C2. The van der Waals surface area contributed by atoms with E-state index in [9.17, 15) is 0 Å². The molecule has 2 heterocycles. The first-order valence-corrected chi connectivity index (χ1v) is 11.7. The Morgan fingerprint density at radius 2 is 1.41 bits per heavy atom. The van der Waals surface area contributed by atoms with Gasteiger partial charge in [-0.05, 0) is 80.3 Å². The Morgan fingerprint density at radius 3 is 2.16 bits per heavy atom. The highest BCUT2D eigenvalue weighted by Crippen LogP contribution is 2.36. The summed E-state index contributed by atoms with van der Waals surface area (Å²) in [5.41, 5.74) is 2.49. The van der Waals surface area contributed by atoms with Crippen molar-refractivity contribution in [3.63, 3.8) is 0 Å². The lowest BCUT2D eigenvalue weighted by Crippen LogP contribution is -2.43. The van der Waals surface area contributed by atoms with Crippen LogP contribution in [0.4, 0.5) is 0 Å². The van der Waals surface area contributed by atoms with Crippen LogP contribution in [-0.2, 0) is 13.1 Å². The number of hydrogen-bond donors (Lipinski definition) is 1. The summed E-state index contributed by atoms with van der Waals surface area (Å²) in [7, 11) is 2.27. The van der Waals surface area contributed by atoms with Crippen molar-refractivity contribution in [3.05, 3.63) is 90.0 Å². The Balaban J connectivity index is 1.10. The van der Waals surface area contributed by atoms with Gasteiger partial charge in [0.15, 0.2) is 0 Å². The molecule has 5 rings (SSSR count). The molecule has 0 aromatic heterocycles. The second-order valence-corrected chi connectivity index (χ2v) is 9.07. The van der Waals surface area contributed by atoms with Crippen molar-refractivity contribution in [1.29, 1.82) is 0 Å². The van der Waals surface area contributed by atoms with Gasteiger partial charge in [-0.3, -0.25) is 0 Å². The maximum Gasteiger partial charge on any atom is 0.127 e. The molecule has 0 aliphatic carbocycles. The second kappa shape index (κ2) is 9.76. The number of benzene rings is 3. The van der Waals surface area contributed by atoms with Crippen LogP contribution < -0.4 is 14.8 Å². The summed E-state index contributed by atoms with van der Waals surface area (Å²) in [4.78, 5) is 2.56. The van der Waals surface area contributed by atoms with Crippen LogP contribution in [0.15, 0.2) is 78.9 Å². The lowest BCUT2D eigenvalue weighted by Gasteiger charge is -2.36. The molecular weight excluding hydrogens is 396 g/mol. The molecule has 1 N–H and O–H groups in total. The van der Waals surface area contributed by atoms with Gasteiger partial charge in [-0.25, -0.2) is 0 Å². The average molecular weight is 429 g/mol. The summed E-state index contributed by atoms with van der Waals surface area (Å²) < 4.78 is 12.3. The molecule has 2 fully saturated rings. The van der Waals surface area contributed by atoms with E-state index in [2.05, 4.69) is 53.7 Å². The van der Waals surface area contributed by atoms with Gasteiger partial charge in [0.05, 0.1) is 0 Å². The molecule has 32 heavy (non-hydrogen) atoms. The number of nitrogens with zero attached hydrogens (tertiary/aromatic N) is 1. The molecule has 166 valence electrons. The quantitative estimate of drug-likeness (QED) is 0.494. The van der Waals surface area contributed by atoms with Crippen molar-refractivity contribution in [2.45, 2.75) is 57.0 Å². The Labute approximate surface area is 191 Å². The summed E-state index contributed by atoms with van der Waals surface area (Å²) in [5.74, 6) is 2.71. The number of hydrogen-bond acceptors (Lipinski definition) is 4. The molecule has 2 aliphatic heterocycles. The summed E-state index contributed by atoms with van der Waals surface area (Å²) >= 11 is 0. The van der Waals surface area contributed by atoms with Crippen LogP contribution >= 0.6 is 0 Å². The second-order valence-electron chi connectivity index (χ2n) is 9.07. The van der Waals surface area contributed by atoms with Crippen molar-refractivity contribution in [1.82, 2.24) is 10.2 Å². The molecule has 2 bridgehead atoms. The summed E-state index contributed by atoms with van der Waals surface area (Å²) in [6, 6.07) is 28.1. The van der Waals surface area contributed by atoms with Crippen LogP contribution in [0.1, 0.15) is 36.8 Å². The fourth-order valence-corrected chi connectivity index (χ4v) is 5.03. The third-order valence-corrected chi connectivity index (χ3v) is 6.82. The Bertz CT molecular complexity index is 991. The van der Waals surface area contributed by atoms with Crippen molar-refractivity contribution in [2.75, 3.05) is 7.05 Å². The smallest absolute Gasteiger partial charge is 0.127 e. The molecule has 4 nitrogen and oxygen atoms in total. The predicted molar refractivity (Wildman–Crippen MR) is 128 cm³/mol. The van der Waals surface area contributed by atoms with Gasteiger partial charge in [0.25, 0.3) is 0 Å². The van der Waals surface area contributed by atoms with Crippen LogP contribution in [0, 0.1) is 0 Å². The fraction of sp³-hybridized carbons (Fsp3) is 0.357. The van der Waals surface area contributed by atoms with Gasteiger partial charge in [0.2, 0.25) is 0 Å². The van der Waals surface area contributed by atoms with Crippen LogP contribution in [-0.4, -0.2) is 30.1 Å². The van der Waals surface area contributed by atoms with Crippen LogP contribution in [0.2, 0.25) is 0 Å². The Kier molecular flexibility index (Phi) is 6.42. The van der Waals surface area contributed by atoms with Crippen molar-refractivity contribution in [3.8, 4) is 17.2 Å². The van der Waals surface area contributed by atoms with Gasteiger partial charge >= 0.3 is 0 Å². The summed E-state index contributed by atoms with van der Waals surface area (Å²) in [6.07, 6.45) is 5.30. The third-order valence-electron chi connectivity index (χ3n) is 6.82. The molecular formula is C28H32N2O2. The molecule has 3 aromatic rings. The van der Waals surface area contributed by atoms with Crippen molar-refractivity contribution in [2.24, 2.45) is 0 Å². The molecule has 2 aliphatic rings. The summed E-state index contributed by atoms with van der Waals surface area (Å²) in [5, 5.41) is 3.54. The van der Waals surface area contributed by atoms with Gasteiger partial charge in [0.1, 0.15) is 23.4 Å². The third kappa shape index (κ3) is 5.14. The predicted octanol–water partition coefficient (Wildman–Crippen LogP) is 5.77. The normalized spacial score (nSPS) is 22.6. The molecule has 0 saturated carbocycles. The fourth-order valence-electron chi connectivity index (χ4n) is 5.03. The lowest BCUT2D eigenvalue weighted by atomic mass is 10.0. The molecule has 4 heteroatoms. The highest BCUT2D eigenvalue weighted by Gasteiger charge is 2.39. The van der Waals surface area contributed by atoms with E-state index in [1.807, 2.05) is 42.5 Å². The maximum atomic E-state index is 6.38. The first kappa shape index (κ1) is 21.0. The zero-order chi connectivity index (χ0) is 21.8. The van der Waals surface area contributed by atoms with Crippen LogP contribution in [0.5, 0.6) is 17.2 Å². The van der Waals surface area contributed by atoms with Gasteiger partial charge in [-0.1, -0.05) is 42.5 Å². The largest absolute Gasteiger partial charge is 0.490 e. The van der Waals surface area contributed by atoms with E-state index in [1.165, 1.54) is 24.0 Å². The van der Waals surface area contributed by atoms with Crippen molar-refractivity contribution >= 4 is 0 Å². The molecule has 0 amide bonds. The number of fused-ring (bicyclic) bond motifs is 2. The molecule has 3 atom stereocenters. The molecule has 0 unspecified atom stereocenters. The van der Waals surface area contributed by atoms with E-state index in [-0.39, 0.29) is 0 Å². The first-order valence-electron chi connectivity index (χ1n) is 11.7. The zero-order valence-electron chi connectivity index (χ0n) is 18.7. The highest BCUT2D eigenvalue weighted by molar-refractivity contribution is 5.33. The van der Waals surface area contributed by atoms with Crippen molar-refractivity contribution < 1.29 is 9.47 Å². The standard InChI is InChI=1S/C28H32N2O2/c1-30-23-12-13-24(30)18-28(17-23)32-27-9-5-6-22(16-27)20-29-19-21-10-14-26(15-11-21)31-25-7-3-2-4-8-25/h2-11,14-16,23-24,28-29H,12-13,17-20H2,1H3/t23-,24+,28+. The van der Waals surface area contributed by atoms with E-state index < -0.39 is 0 Å². The van der Waals surface area contributed by atoms with Gasteiger partial charge in [-0.2, -0.15) is 0 Å². The minimum absolute atomic E-state index is 0.350. The van der Waals surface area contributed by atoms with E-state index in [0.717, 1.165) is 43.2 Å². The van der Waals surface area contributed by atoms with Crippen LogP contribution in [0.3, 0.4) is 0 Å². The monoisotopic (exact) mass is 428 g/mol. The Hall–Kier alpha value is -2.82. The van der Waals surface area contributed by atoms with E-state index >= 15 is 0 Å². The molecule has 0 radical (unpaired) electrons. The highest BCUT2D eigenvalue weighted by atomic mass is 16.5. The van der Waals surface area contributed by atoms with E-state index in [0.29, 0.717) is 18.2 Å². The number of piperidine rings is 1. The van der Waals surface area contributed by atoms with Crippen LogP contribution in [0.25, 0.3) is 0 Å². The summed E-state index contributed by atoms with van der Waals surface area (Å²) in [6.45, 7) is 1.63. The minimum Gasteiger partial charge on any atom is -0.490 e. The number of para-hydroxylation sites is 1. The van der Waals surface area contributed by atoms with Gasteiger partial charge in [-0.15, -0.1) is 0 Å². The lowest BCUT2D eigenvalue weighted by molar-refractivity contribution is 0.0661. The molecule has 0 spiro atoms. The zero-order valence-corrected chi connectivity index (χ0v) is 18.7. The number of nitrogens with one attached hydrogen (secondary N) is 1. The van der Waals surface area contributed by atoms with E-state index in [1.54, 1.807) is 0 Å². The minimum atomic E-state index is 0.350. The number of ether oxygens (including phenoxy) is 2. The first-order chi connectivity index (χ1) is 15.7. The average Bonchev–Trinajstić information content (AvgIpc) is 3.02. The maximum absolute atomic E-state index is 6.38. The topological polar surface area (TPSA) is 33.7 Å². The van der Waals surface area contributed by atoms with Gasteiger partial charge in [0, 0.05) is 25.2 Å². The Morgan fingerprint density at radius 1 is 0.750 bits per heavy atom. The molecule has 2 saturated heterocycles. The van der Waals surface area contributed by atoms with Gasteiger partial charge < -0.3 is 19.7 Å². The molecule has 3 aromatic carbocycles.